The van der Waals surface area contributed by atoms with E-state index in [-0.39, 0.29) is 6.42 Å². The molecule has 0 fully saturated rings. The van der Waals surface area contributed by atoms with Gasteiger partial charge in [0.2, 0.25) is 0 Å². The number of aliphatic carboxylic acids is 1. The van der Waals surface area contributed by atoms with Gasteiger partial charge in [0.05, 0.1) is 0 Å². The van der Waals surface area contributed by atoms with E-state index in [9.17, 15) is 4.79 Å². The van der Waals surface area contributed by atoms with Crippen molar-refractivity contribution < 1.29 is 9.90 Å². The molecule has 13 heavy (non-hydrogen) atoms. The summed E-state index contributed by atoms with van der Waals surface area (Å²) in [5.74, 6) is -1.03. The van der Waals surface area contributed by atoms with Crippen LogP contribution in [0, 0.1) is 0 Å². The minimum atomic E-state index is -1.03. The third-order valence-corrected chi connectivity index (χ3v) is 1.73. The van der Waals surface area contributed by atoms with Gasteiger partial charge in [-0.3, -0.25) is 4.79 Å². The molecule has 0 aliphatic carbocycles. The normalized spacial score (nSPS) is 11.8. The van der Waals surface area contributed by atoms with Crippen molar-refractivity contribution in [3.63, 3.8) is 0 Å². The lowest BCUT2D eigenvalue weighted by Crippen LogP contribution is -2.30. The molecule has 0 radical (unpaired) electrons. The highest BCUT2D eigenvalue weighted by Crippen LogP contribution is 2.17. The maximum Gasteiger partial charge on any atom is 0.320 e. The number of allylic oxidation sites excluding steroid dienone is 2. The first-order chi connectivity index (χ1) is 5.86. The van der Waals surface area contributed by atoms with Crippen LogP contribution in [0.15, 0.2) is 36.5 Å². The zero-order valence-corrected chi connectivity index (χ0v) is 7.84. The quantitative estimate of drug-likeness (QED) is 0.631. The maximum atomic E-state index is 10.4. The molecule has 0 aromatic rings. The van der Waals surface area contributed by atoms with Gasteiger partial charge >= 0.3 is 5.97 Å². The predicted molar refractivity (Wildman–Crippen MR) is 53.3 cm³/mol. The molecule has 0 rings (SSSR count). The third-order valence-electron chi connectivity index (χ3n) is 1.73. The first kappa shape index (κ1) is 11.6. The van der Waals surface area contributed by atoms with E-state index in [2.05, 4.69) is 19.7 Å². The van der Waals surface area contributed by atoms with Gasteiger partial charge in [0, 0.05) is 0 Å². The number of hydrogen-bond donors (Lipinski definition) is 2. The van der Waals surface area contributed by atoms with Crippen LogP contribution in [-0.2, 0) is 4.79 Å². The van der Waals surface area contributed by atoms with Crippen molar-refractivity contribution in [2.24, 2.45) is 5.73 Å². The van der Waals surface area contributed by atoms with Crippen LogP contribution in [0.1, 0.15) is 13.3 Å². The number of nitrogens with two attached hydrogens (primary N) is 1. The molecule has 0 aromatic heterocycles. The second kappa shape index (κ2) is 4.62. The van der Waals surface area contributed by atoms with Crippen molar-refractivity contribution in [1.29, 1.82) is 0 Å². The smallest absolute Gasteiger partial charge is 0.320 e. The van der Waals surface area contributed by atoms with Crippen LogP contribution in [-0.4, -0.2) is 17.1 Å². The van der Waals surface area contributed by atoms with E-state index in [1.54, 1.807) is 6.92 Å². The summed E-state index contributed by atoms with van der Waals surface area (Å²) < 4.78 is 0. The van der Waals surface area contributed by atoms with Gasteiger partial charge < -0.3 is 10.8 Å². The standard InChI is InChI=1S/C10H15NO2/c1-6(2)8(4)7(3)5-9(11)10(12)13/h9H,1,3-5,11H2,2H3,(H,12,13). The molecular weight excluding hydrogens is 166 g/mol. The molecule has 3 heteroatoms. The van der Waals surface area contributed by atoms with Gasteiger partial charge in [-0.1, -0.05) is 25.3 Å². The van der Waals surface area contributed by atoms with Crippen LogP contribution >= 0.6 is 0 Å². The Kier molecular flexibility index (Phi) is 4.14. The Bertz CT molecular complexity index is 266. The molecule has 1 atom stereocenters. The second-order valence-electron chi connectivity index (χ2n) is 3.01. The van der Waals surface area contributed by atoms with E-state index < -0.39 is 12.0 Å². The molecule has 0 saturated carbocycles. The summed E-state index contributed by atoms with van der Waals surface area (Å²) in [6.45, 7) is 12.9. The molecule has 0 aliphatic heterocycles. The number of rotatable bonds is 5. The SMILES string of the molecule is C=C(C)C(=C)C(=C)CC(N)C(=O)O. The molecule has 0 amide bonds. The first-order valence-corrected chi connectivity index (χ1v) is 3.87. The van der Waals surface area contributed by atoms with Crippen molar-refractivity contribution in [2.45, 2.75) is 19.4 Å². The minimum Gasteiger partial charge on any atom is -0.480 e. The highest BCUT2D eigenvalue weighted by molar-refractivity contribution is 5.73. The van der Waals surface area contributed by atoms with Crippen LogP contribution in [0.25, 0.3) is 0 Å². The number of carboxylic acid groups (broad SMARTS) is 1. The predicted octanol–water partition coefficient (Wildman–Crippen LogP) is 1.48. The van der Waals surface area contributed by atoms with Gasteiger partial charge in [-0.25, -0.2) is 0 Å². The lowest BCUT2D eigenvalue weighted by molar-refractivity contribution is -0.138. The molecule has 0 aliphatic rings. The van der Waals surface area contributed by atoms with Crippen molar-refractivity contribution >= 4 is 5.97 Å². The highest BCUT2D eigenvalue weighted by Gasteiger charge is 2.13. The zero-order chi connectivity index (χ0) is 10.6. The maximum absolute atomic E-state index is 10.4. The Morgan fingerprint density at radius 3 is 2.23 bits per heavy atom. The summed E-state index contributed by atoms with van der Waals surface area (Å²) in [5, 5.41) is 8.53. The Balaban J connectivity index is 4.24. The van der Waals surface area contributed by atoms with E-state index in [1.165, 1.54) is 0 Å². The van der Waals surface area contributed by atoms with Crippen LogP contribution in [0.5, 0.6) is 0 Å². The van der Waals surface area contributed by atoms with Crippen LogP contribution in [0.3, 0.4) is 0 Å². The zero-order valence-electron chi connectivity index (χ0n) is 7.84. The highest BCUT2D eigenvalue weighted by atomic mass is 16.4. The molecule has 1 unspecified atom stereocenters. The Morgan fingerprint density at radius 1 is 1.46 bits per heavy atom. The monoisotopic (exact) mass is 181 g/mol. The van der Waals surface area contributed by atoms with Gasteiger partial charge in [-0.05, 0) is 24.5 Å². The summed E-state index contributed by atoms with van der Waals surface area (Å²) in [4.78, 5) is 10.4. The molecular formula is C10H15NO2. The van der Waals surface area contributed by atoms with Crippen LogP contribution in [0.2, 0.25) is 0 Å². The van der Waals surface area contributed by atoms with Gasteiger partial charge in [0.15, 0.2) is 0 Å². The Hall–Kier alpha value is -1.35. The largest absolute Gasteiger partial charge is 0.480 e. The molecule has 0 saturated heterocycles. The lowest BCUT2D eigenvalue weighted by Gasteiger charge is -2.11. The van der Waals surface area contributed by atoms with Gasteiger partial charge in [0.25, 0.3) is 0 Å². The van der Waals surface area contributed by atoms with E-state index >= 15 is 0 Å². The summed E-state index contributed by atoms with van der Waals surface area (Å²) in [5.41, 5.74) is 7.41. The van der Waals surface area contributed by atoms with E-state index in [0.717, 1.165) is 5.57 Å². The van der Waals surface area contributed by atoms with Crippen LogP contribution < -0.4 is 5.73 Å². The Labute approximate surface area is 78.3 Å². The lowest BCUT2D eigenvalue weighted by atomic mass is 9.97. The molecule has 0 spiro atoms. The molecule has 0 heterocycles. The topological polar surface area (TPSA) is 63.3 Å². The molecule has 3 nitrogen and oxygen atoms in total. The number of carboxylic acids is 1. The fourth-order valence-corrected chi connectivity index (χ4v) is 0.778. The fraction of sp³-hybridized carbons (Fsp3) is 0.300. The number of hydrogen-bond acceptors (Lipinski definition) is 2. The summed E-state index contributed by atoms with van der Waals surface area (Å²) in [6.07, 6.45) is 0.209. The molecule has 72 valence electrons. The number of carbonyl (C=O) groups is 1. The van der Waals surface area contributed by atoms with Gasteiger partial charge in [0.1, 0.15) is 6.04 Å². The summed E-state index contributed by atoms with van der Waals surface area (Å²) in [7, 11) is 0. The fourth-order valence-electron chi connectivity index (χ4n) is 0.778. The average Bonchev–Trinajstić information content (AvgIpc) is 2.02. The van der Waals surface area contributed by atoms with Crippen molar-refractivity contribution in [3.8, 4) is 0 Å². The van der Waals surface area contributed by atoms with E-state index in [1.807, 2.05) is 0 Å². The molecule has 0 aromatic carbocycles. The van der Waals surface area contributed by atoms with Crippen molar-refractivity contribution in [1.82, 2.24) is 0 Å². The van der Waals surface area contributed by atoms with Crippen molar-refractivity contribution in [3.05, 3.63) is 36.5 Å². The first-order valence-electron chi connectivity index (χ1n) is 3.87. The minimum absolute atomic E-state index is 0.209. The third kappa shape index (κ3) is 3.71. The molecule has 0 bridgehead atoms. The molecule has 3 N–H and O–H groups in total. The summed E-state index contributed by atoms with van der Waals surface area (Å²) >= 11 is 0. The van der Waals surface area contributed by atoms with Crippen molar-refractivity contribution in [2.75, 3.05) is 0 Å². The Morgan fingerprint density at radius 2 is 1.92 bits per heavy atom. The van der Waals surface area contributed by atoms with Gasteiger partial charge in [-0.15, -0.1) is 0 Å². The van der Waals surface area contributed by atoms with E-state index in [0.29, 0.717) is 11.1 Å². The average molecular weight is 181 g/mol. The van der Waals surface area contributed by atoms with Crippen LogP contribution in [0.4, 0.5) is 0 Å². The summed E-state index contributed by atoms with van der Waals surface area (Å²) in [6, 6.07) is -0.913. The van der Waals surface area contributed by atoms with Gasteiger partial charge in [-0.2, -0.15) is 0 Å². The van der Waals surface area contributed by atoms with E-state index in [4.69, 9.17) is 10.8 Å². The second-order valence-corrected chi connectivity index (χ2v) is 3.01.